The molecule has 4 unspecified atom stereocenters. The second-order valence-electron chi connectivity index (χ2n) is 7.56. The monoisotopic (exact) mass is 372 g/mol. The second kappa shape index (κ2) is 11.1. The fourth-order valence-corrected chi connectivity index (χ4v) is 4.33. The maximum atomic E-state index is 12.6. The highest BCUT2D eigenvalue weighted by molar-refractivity contribution is 6.20. The van der Waals surface area contributed by atoms with Crippen molar-refractivity contribution < 1.29 is 19.1 Å². The fourth-order valence-electron chi connectivity index (χ4n) is 3.97. The highest BCUT2D eigenvalue weighted by atomic mass is 35.5. The van der Waals surface area contributed by atoms with Crippen molar-refractivity contribution in [3.63, 3.8) is 0 Å². The molecule has 0 aromatic carbocycles. The van der Waals surface area contributed by atoms with E-state index in [1.807, 2.05) is 0 Å². The Balaban J connectivity index is 1.81. The minimum Gasteiger partial charge on any atom is -0.465 e. The minimum absolute atomic E-state index is 0.104. The highest BCUT2D eigenvalue weighted by Crippen LogP contribution is 2.33. The molecule has 2 aliphatic carbocycles. The van der Waals surface area contributed by atoms with Crippen LogP contribution in [-0.2, 0) is 19.1 Å². The first-order valence-corrected chi connectivity index (χ1v) is 10.5. The average molecular weight is 373 g/mol. The predicted molar refractivity (Wildman–Crippen MR) is 98.5 cm³/mol. The molecule has 0 N–H and O–H groups in total. The molecule has 0 aliphatic heterocycles. The molecule has 0 spiro atoms. The summed E-state index contributed by atoms with van der Waals surface area (Å²) in [4.78, 5) is 24.9. The van der Waals surface area contributed by atoms with Crippen LogP contribution in [0.15, 0.2) is 0 Å². The molecule has 0 amide bonds. The summed E-state index contributed by atoms with van der Waals surface area (Å²) in [6, 6.07) is 0. The van der Waals surface area contributed by atoms with E-state index in [2.05, 4.69) is 6.92 Å². The third-order valence-corrected chi connectivity index (χ3v) is 6.19. The summed E-state index contributed by atoms with van der Waals surface area (Å²) in [6.07, 6.45) is 10.8. The summed E-state index contributed by atoms with van der Waals surface area (Å²) in [6.45, 7) is 2.97. The zero-order valence-electron chi connectivity index (χ0n) is 15.5. The molecule has 0 heterocycles. The first-order chi connectivity index (χ1) is 12.1. The van der Waals surface area contributed by atoms with Gasteiger partial charge in [0.15, 0.2) is 0 Å². The van der Waals surface area contributed by atoms with Gasteiger partial charge < -0.3 is 9.47 Å². The van der Waals surface area contributed by atoms with Crippen molar-refractivity contribution in [3.8, 4) is 0 Å². The number of hydrogen-bond acceptors (Lipinski definition) is 4. The molecule has 4 atom stereocenters. The van der Waals surface area contributed by atoms with E-state index in [-0.39, 0.29) is 35.1 Å². The summed E-state index contributed by atoms with van der Waals surface area (Å²) < 4.78 is 11.0. The lowest BCUT2D eigenvalue weighted by Crippen LogP contribution is -2.36. The molecule has 2 fully saturated rings. The molecule has 0 saturated heterocycles. The van der Waals surface area contributed by atoms with E-state index in [4.69, 9.17) is 21.1 Å². The van der Waals surface area contributed by atoms with E-state index in [0.717, 1.165) is 70.6 Å². The smallest absolute Gasteiger partial charge is 0.309 e. The van der Waals surface area contributed by atoms with Crippen molar-refractivity contribution in [2.24, 2.45) is 17.8 Å². The average Bonchev–Trinajstić information content (AvgIpc) is 2.64. The lowest BCUT2D eigenvalue weighted by Gasteiger charge is -2.30. The Kier molecular flexibility index (Phi) is 9.08. The van der Waals surface area contributed by atoms with Gasteiger partial charge in [0.05, 0.1) is 25.0 Å². The van der Waals surface area contributed by atoms with Crippen LogP contribution in [0.25, 0.3) is 0 Å². The number of hydrogen-bond donors (Lipinski definition) is 0. The molecule has 144 valence electrons. The van der Waals surface area contributed by atoms with Crippen LogP contribution in [0.4, 0.5) is 0 Å². The number of ether oxygens (including phenoxy) is 2. The van der Waals surface area contributed by atoms with Gasteiger partial charge in [-0.05, 0) is 32.1 Å². The zero-order chi connectivity index (χ0) is 18.1. The van der Waals surface area contributed by atoms with Gasteiger partial charge in [-0.15, -0.1) is 11.6 Å². The normalized spacial score (nSPS) is 29.8. The first kappa shape index (κ1) is 20.5. The lowest BCUT2D eigenvalue weighted by molar-refractivity contribution is -0.163. The van der Waals surface area contributed by atoms with Crippen molar-refractivity contribution in [1.29, 1.82) is 0 Å². The van der Waals surface area contributed by atoms with Crippen LogP contribution in [-0.4, -0.2) is 30.5 Å². The predicted octanol–water partition coefficient (Wildman–Crippen LogP) is 4.87. The Bertz CT molecular complexity index is 426. The van der Waals surface area contributed by atoms with Crippen LogP contribution < -0.4 is 0 Å². The molecule has 5 heteroatoms. The van der Waals surface area contributed by atoms with E-state index in [0.29, 0.717) is 13.2 Å². The van der Waals surface area contributed by atoms with E-state index in [9.17, 15) is 9.59 Å². The van der Waals surface area contributed by atoms with Crippen molar-refractivity contribution in [3.05, 3.63) is 0 Å². The van der Waals surface area contributed by atoms with E-state index >= 15 is 0 Å². The topological polar surface area (TPSA) is 52.6 Å². The number of halogens is 1. The number of carbonyl (C=O) groups excluding carboxylic acids is 2. The SMILES string of the molecule is CCCCCOC(=O)C1CCCCC1C(=O)OCC1CCCCC1Cl. The number of alkyl halides is 1. The van der Waals surface area contributed by atoms with Gasteiger partial charge in [-0.25, -0.2) is 0 Å². The standard InChI is InChI=1S/C20H33ClO4/c1-2-3-8-13-24-19(22)16-10-5-6-11-17(16)20(23)25-14-15-9-4-7-12-18(15)21/h15-18H,2-14H2,1H3. The molecule has 0 radical (unpaired) electrons. The number of unbranched alkanes of at least 4 members (excludes halogenated alkanes) is 2. The van der Waals surface area contributed by atoms with Gasteiger partial charge in [0.1, 0.15) is 0 Å². The summed E-state index contributed by atoms with van der Waals surface area (Å²) in [7, 11) is 0. The van der Waals surface area contributed by atoms with Crippen molar-refractivity contribution in [1.82, 2.24) is 0 Å². The Morgan fingerprint density at radius 1 is 0.880 bits per heavy atom. The second-order valence-corrected chi connectivity index (χ2v) is 8.12. The summed E-state index contributed by atoms with van der Waals surface area (Å²) >= 11 is 6.35. The molecule has 0 aromatic rings. The number of carbonyl (C=O) groups is 2. The van der Waals surface area contributed by atoms with Crippen LogP contribution in [0.3, 0.4) is 0 Å². The molecule has 2 saturated carbocycles. The largest absolute Gasteiger partial charge is 0.465 e. The maximum absolute atomic E-state index is 12.6. The third-order valence-electron chi connectivity index (χ3n) is 5.62. The Hall–Kier alpha value is -0.770. The van der Waals surface area contributed by atoms with Gasteiger partial charge >= 0.3 is 11.9 Å². The van der Waals surface area contributed by atoms with Gasteiger partial charge in [0.25, 0.3) is 0 Å². The lowest BCUT2D eigenvalue weighted by atomic mass is 9.79. The van der Waals surface area contributed by atoms with Crippen LogP contribution in [0.5, 0.6) is 0 Å². The number of rotatable bonds is 8. The molecule has 4 nitrogen and oxygen atoms in total. The van der Waals surface area contributed by atoms with Crippen LogP contribution in [0.2, 0.25) is 0 Å². The molecule has 25 heavy (non-hydrogen) atoms. The Morgan fingerprint density at radius 3 is 2.12 bits per heavy atom. The molecule has 0 bridgehead atoms. The summed E-state index contributed by atoms with van der Waals surface area (Å²) in [5.74, 6) is -0.872. The number of esters is 2. The van der Waals surface area contributed by atoms with E-state index < -0.39 is 0 Å². The van der Waals surface area contributed by atoms with E-state index in [1.165, 1.54) is 0 Å². The molecule has 2 aliphatic rings. The zero-order valence-corrected chi connectivity index (χ0v) is 16.3. The van der Waals surface area contributed by atoms with Crippen LogP contribution >= 0.6 is 11.6 Å². The quantitative estimate of drug-likeness (QED) is 0.346. The molecular weight excluding hydrogens is 340 g/mol. The van der Waals surface area contributed by atoms with E-state index in [1.54, 1.807) is 0 Å². The highest BCUT2D eigenvalue weighted by Gasteiger charge is 2.38. The Labute approximate surface area is 157 Å². The first-order valence-electron chi connectivity index (χ1n) is 10.1. The third kappa shape index (κ3) is 6.47. The molecule has 0 aromatic heterocycles. The summed E-state index contributed by atoms with van der Waals surface area (Å²) in [5, 5.41) is 0.104. The summed E-state index contributed by atoms with van der Waals surface area (Å²) in [5.41, 5.74) is 0. The Morgan fingerprint density at radius 2 is 1.48 bits per heavy atom. The van der Waals surface area contributed by atoms with Gasteiger partial charge in [-0.1, -0.05) is 45.4 Å². The maximum Gasteiger partial charge on any atom is 0.309 e. The molecule has 2 rings (SSSR count). The van der Waals surface area contributed by atoms with Crippen molar-refractivity contribution in [2.45, 2.75) is 82.9 Å². The van der Waals surface area contributed by atoms with Crippen LogP contribution in [0.1, 0.15) is 77.6 Å². The van der Waals surface area contributed by atoms with Crippen molar-refractivity contribution >= 4 is 23.5 Å². The van der Waals surface area contributed by atoms with Gasteiger partial charge in [0.2, 0.25) is 0 Å². The fraction of sp³-hybridized carbons (Fsp3) is 0.900. The minimum atomic E-state index is -0.343. The van der Waals surface area contributed by atoms with Gasteiger partial charge in [0, 0.05) is 11.3 Å². The van der Waals surface area contributed by atoms with Gasteiger partial charge in [-0.3, -0.25) is 9.59 Å². The molecular formula is C20H33ClO4. The van der Waals surface area contributed by atoms with Gasteiger partial charge in [-0.2, -0.15) is 0 Å². The van der Waals surface area contributed by atoms with Crippen molar-refractivity contribution in [2.75, 3.05) is 13.2 Å². The van der Waals surface area contributed by atoms with Crippen LogP contribution in [0, 0.1) is 17.8 Å².